The summed E-state index contributed by atoms with van der Waals surface area (Å²) in [5, 5.41) is 16.5. The molecule has 3 aliphatic rings. The van der Waals surface area contributed by atoms with E-state index in [9.17, 15) is 9.50 Å². The first kappa shape index (κ1) is 25.4. The van der Waals surface area contributed by atoms with Gasteiger partial charge in [-0.3, -0.25) is 0 Å². The van der Waals surface area contributed by atoms with E-state index in [0.717, 1.165) is 70.5 Å². The number of halogens is 1. The van der Waals surface area contributed by atoms with E-state index in [2.05, 4.69) is 5.16 Å². The standard InChI is InChI=1S/C32H34FN2O2S/c33-28-12-7-13-30(20-28)38-19-16-25-22-35(17-14-24(25)15-18-35)23-29-21-31(34-37-29)32(36,26-8-3-1-4-9-26)27-10-5-2-6-11-27/h1-13,20-21,24-25,36H,14-19,22-23H2/q+1/t24?,25-,35?/m0/s1. The fourth-order valence-electron chi connectivity index (χ4n) is 6.58. The summed E-state index contributed by atoms with van der Waals surface area (Å²) in [6.45, 7) is 4.27. The maximum absolute atomic E-state index is 13.6. The molecular weight excluding hydrogens is 495 g/mol. The number of aliphatic hydroxyl groups is 1. The summed E-state index contributed by atoms with van der Waals surface area (Å²) in [6.07, 6.45) is 3.64. The minimum absolute atomic E-state index is 0.166. The highest BCUT2D eigenvalue weighted by Gasteiger charge is 2.46. The molecular formula is C32H34FN2O2S+. The van der Waals surface area contributed by atoms with Crippen LogP contribution in [0.15, 0.2) is 100 Å². The van der Waals surface area contributed by atoms with E-state index in [-0.39, 0.29) is 5.82 Å². The number of rotatable bonds is 9. The summed E-state index contributed by atoms with van der Waals surface area (Å²) < 4.78 is 20.5. The van der Waals surface area contributed by atoms with Gasteiger partial charge in [-0.1, -0.05) is 71.9 Å². The van der Waals surface area contributed by atoms with Gasteiger partial charge in [-0.2, -0.15) is 0 Å². The minimum Gasteiger partial charge on any atom is -0.374 e. The normalized spacial score (nSPS) is 23.0. The number of quaternary nitrogens is 1. The van der Waals surface area contributed by atoms with Crippen molar-refractivity contribution in [2.75, 3.05) is 25.4 Å². The summed E-state index contributed by atoms with van der Waals surface area (Å²) in [4.78, 5) is 1.01. The maximum Gasteiger partial charge on any atom is 0.191 e. The predicted octanol–water partition coefficient (Wildman–Crippen LogP) is 6.64. The number of aromatic nitrogens is 1. The van der Waals surface area contributed by atoms with E-state index in [1.807, 2.05) is 72.8 Å². The molecule has 38 heavy (non-hydrogen) atoms. The lowest BCUT2D eigenvalue weighted by atomic mass is 9.76. The van der Waals surface area contributed by atoms with Crippen molar-refractivity contribution < 1.29 is 18.5 Å². The van der Waals surface area contributed by atoms with Gasteiger partial charge in [0.1, 0.15) is 18.1 Å². The molecule has 3 aliphatic heterocycles. The molecule has 0 unspecified atom stereocenters. The third-order valence-corrected chi connectivity index (χ3v) is 9.62. The zero-order valence-corrected chi connectivity index (χ0v) is 22.3. The average molecular weight is 530 g/mol. The molecule has 7 rings (SSSR count). The molecule has 3 saturated heterocycles. The van der Waals surface area contributed by atoms with Crippen molar-refractivity contribution >= 4 is 11.8 Å². The van der Waals surface area contributed by atoms with Gasteiger partial charge in [-0.25, -0.2) is 4.39 Å². The maximum atomic E-state index is 13.6. The van der Waals surface area contributed by atoms with Crippen LogP contribution < -0.4 is 0 Å². The van der Waals surface area contributed by atoms with E-state index in [1.165, 1.54) is 18.9 Å². The second kappa shape index (κ2) is 10.7. The zero-order chi connectivity index (χ0) is 26.0. The first-order valence-corrected chi connectivity index (χ1v) is 14.6. The zero-order valence-electron chi connectivity index (χ0n) is 21.5. The Hall–Kier alpha value is -2.93. The molecule has 0 amide bonds. The quantitative estimate of drug-likeness (QED) is 0.195. The molecule has 196 valence electrons. The van der Waals surface area contributed by atoms with Crippen LogP contribution in [0, 0.1) is 17.7 Å². The molecule has 0 saturated carbocycles. The Balaban J connectivity index is 1.18. The highest BCUT2D eigenvalue weighted by atomic mass is 32.2. The molecule has 0 aliphatic carbocycles. The molecule has 3 aromatic carbocycles. The van der Waals surface area contributed by atoms with Crippen molar-refractivity contribution in [1.29, 1.82) is 0 Å². The Bertz CT molecular complexity index is 1310. The Morgan fingerprint density at radius 2 is 1.61 bits per heavy atom. The summed E-state index contributed by atoms with van der Waals surface area (Å²) >= 11 is 1.76. The Morgan fingerprint density at radius 3 is 2.26 bits per heavy atom. The summed E-state index contributed by atoms with van der Waals surface area (Å²) in [5.41, 5.74) is 0.689. The SMILES string of the molecule is OC(c1ccccc1)(c1ccccc1)c1cc(C[N+]23CCC(CC2)[C@@H](CCSc2cccc(F)c2)C3)on1. The number of hydrogen-bond donors (Lipinski definition) is 1. The van der Waals surface area contributed by atoms with Crippen molar-refractivity contribution in [3.63, 3.8) is 0 Å². The molecule has 6 heteroatoms. The molecule has 1 aromatic heterocycles. The van der Waals surface area contributed by atoms with Crippen LogP contribution >= 0.6 is 11.8 Å². The van der Waals surface area contributed by atoms with Gasteiger partial charge >= 0.3 is 0 Å². The van der Waals surface area contributed by atoms with Gasteiger partial charge < -0.3 is 14.1 Å². The summed E-state index contributed by atoms with van der Waals surface area (Å²) in [6, 6.07) is 28.3. The minimum atomic E-state index is -1.38. The summed E-state index contributed by atoms with van der Waals surface area (Å²) in [5.74, 6) is 3.14. The first-order chi connectivity index (χ1) is 18.5. The molecule has 1 N–H and O–H groups in total. The van der Waals surface area contributed by atoms with Gasteiger partial charge in [-0.05, 0) is 47.4 Å². The van der Waals surface area contributed by atoms with Gasteiger partial charge in [0.2, 0.25) is 0 Å². The van der Waals surface area contributed by atoms with Gasteiger partial charge in [0.15, 0.2) is 11.4 Å². The van der Waals surface area contributed by atoms with Crippen LogP contribution in [0.25, 0.3) is 0 Å². The molecule has 0 spiro atoms. The van der Waals surface area contributed by atoms with Crippen LogP contribution in [0.3, 0.4) is 0 Å². The fraction of sp³-hybridized carbons (Fsp3) is 0.344. The predicted molar refractivity (Wildman–Crippen MR) is 148 cm³/mol. The number of benzene rings is 3. The Labute approximate surface area is 228 Å². The highest BCUT2D eigenvalue weighted by molar-refractivity contribution is 7.99. The van der Waals surface area contributed by atoms with E-state index in [4.69, 9.17) is 4.52 Å². The third-order valence-electron chi connectivity index (χ3n) is 8.59. The van der Waals surface area contributed by atoms with Crippen molar-refractivity contribution in [3.8, 4) is 0 Å². The Kier molecular flexibility index (Phi) is 7.12. The monoisotopic (exact) mass is 529 g/mol. The molecule has 3 fully saturated rings. The first-order valence-electron chi connectivity index (χ1n) is 13.6. The lowest BCUT2D eigenvalue weighted by Crippen LogP contribution is -2.61. The van der Waals surface area contributed by atoms with Crippen LogP contribution in [0.5, 0.6) is 0 Å². The van der Waals surface area contributed by atoms with Crippen LogP contribution in [0.4, 0.5) is 4.39 Å². The van der Waals surface area contributed by atoms with Crippen molar-refractivity contribution in [3.05, 3.63) is 119 Å². The lowest BCUT2D eigenvalue weighted by Gasteiger charge is -2.52. The number of hydrogen-bond acceptors (Lipinski definition) is 4. The van der Waals surface area contributed by atoms with Gasteiger partial charge in [0.25, 0.3) is 0 Å². The number of fused-ring (bicyclic) bond motifs is 3. The number of nitrogens with zero attached hydrogens (tertiary/aromatic N) is 2. The van der Waals surface area contributed by atoms with Crippen molar-refractivity contribution in [1.82, 2.24) is 5.16 Å². The average Bonchev–Trinajstić information content (AvgIpc) is 3.42. The lowest BCUT2D eigenvalue weighted by molar-refractivity contribution is -0.960. The second-order valence-corrected chi connectivity index (χ2v) is 12.1. The van der Waals surface area contributed by atoms with Crippen LogP contribution in [0.1, 0.15) is 41.8 Å². The molecule has 4 heterocycles. The second-order valence-electron chi connectivity index (χ2n) is 10.9. The largest absolute Gasteiger partial charge is 0.374 e. The molecule has 4 nitrogen and oxygen atoms in total. The number of thioether (sulfide) groups is 1. The molecule has 0 radical (unpaired) electrons. The summed E-state index contributed by atoms with van der Waals surface area (Å²) in [7, 11) is 0. The van der Waals surface area contributed by atoms with Crippen molar-refractivity contribution in [2.45, 2.75) is 36.3 Å². The molecule has 2 bridgehead atoms. The fourth-order valence-corrected chi connectivity index (χ4v) is 7.61. The Morgan fingerprint density at radius 1 is 0.921 bits per heavy atom. The van der Waals surface area contributed by atoms with Gasteiger partial charge in [0.05, 0.1) is 19.6 Å². The third kappa shape index (κ3) is 5.05. The van der Waals surface area contributed by atoms with Gasteiger partial charge in [0, 0.05) is 29.7 Å². The van der Waals surface area contributed by atoms with Crippen molar-refractivity contribution in [2.24, 2.45) is 11.8 Å². The smallest absolute Gasteiger partial charge is 0.191 e. The topological polar surface area (TPSA) is 46.3 Å². The van der Waals surface area contributed by atoms with Crippen LogP contribution in [-0.2, 0) is 12.1 Å². The van der Waals surface area contributed by atoms with Crippen LogP contribution in [0.2, 0.25) is 0 Å². The van der Waals surface area contributed by atoms with Gasteiger partial charge in [-0.15, -0.1) is 11.8 Å². The number of piperidine rings is 3. The van der Waals surface area contributed by atoms with Crippen LogP contribution in [-0.4, -0.2) is 40.1 Å². The van der Waals surface area contributed by atoms with E-state index in [0.29, 0.717) is 11.6 Å². The highest BCUT2D eigenvalue weighted by Crippen LogP contribution is 2.42. The molecule has 1 atom stereocenters. The molecule has 4 aromatic rings. The van der Waals surface area contributed by atoms with E-state index < -0.39 is 5.60 Å². The van der Waals surface area contributed by atoms with E-state index >= 15 is 0 Å². The van der Waals surface area contributed by atoms with E-state index in [1.54, 1.807) is 23.9 Å².